The van der Waals surface area contributed by atoms with Crippen LogP contribution in [-0.2, 0) is 9.47 Å². The normalized spacial score (nSPS) is 14.1. The van der Waals surface area contributed by atoms with Gasteiger partial charge in [-0.25, -0.2) is 0 Å². The molecular formula is C13H29NO2. The Labute approximate surface area is 101 Å². The highest BCUT2D eigenvalue weighted by Gasteiger charge is 2.11. The van der Waals surface area contributed by atoms with Crippen LogP contribution in [0.4, 0.5) is 0 Å². The fourth-order valence-electron chi connectivity index (χ4n) is 1.43. The van der Waals surface area contributed by atoms with E-state index in [1.165, 1.54) is 0 Å². The van der Waals surface area contributed by atoms with Crippen molar-refractivity contribution in [3.8, 4) is 0 Å². The number of rotatable bonds is 9. The van der Waals surface area contributed by atoms with Gasteiger partial charge in [-0.05, 0) is 33.7 Å². The molecule has 0 spiro atoms. The van der Waals surface area contributed by atoms with Gasteiger partial charge in [0.25, 0.3) is 0 Å². The van der Waals surface area contributed by atoms with Gasteiger partial charge in [0.15, 0.2) is 0 Å². The topological polar surface area (TPSA) is 30.5 Å². The summed E-state index contributed by atoms with van der Waals surface area (Å²) < 4.78 is 11.4. The van der Waals surface area contributed by atoms with Crippen molar-refractivity contribution in [3.63, 3.8) is 0 Å². The Bertz CT molecular complexity index is 155. The van der Waals surface area contributed by atoms with E-state index in [4.69, 9.17) is 9.47 Å². The van der Waals surface area contributed by atoms with E-state index < -0.39 is 0 Å². The van der Waals surface area contributed by atoms with Gasteiger partial charge >= 0.3 is 0 Å². The molecule has 0 saturated carbocycles. The maximum Gasteiger partial charge on any atom is 0.0707 e. The van der Waals surface area contributed by atoms with E-state index in [0.717, 1.165) is 25.9 Å². The van der Waals surface area contributed by atoms with E-state index in [0.29, 0.717) is 19.3 Å². The molecule has 0 heterocycles. The van der Waals surface area contributed by atoms with Gasteiger partial charge in [-0.1, -0.05) is 20.3 Å². The Morgan fingerprint density at radius 3 is 2.31 bits per heavy atom. The summed E-state index contributed by atoms with van der Waals surface area (Å²) in [5.74, 6) is 0. The average molecular weight is 231 g/mol. The minimum absolute atomic E-state index is 0.0642. The third kappa shape index (κ3) is 10.4. The third-order valence-electron chi connectivity index (χ3n) is 2.20. The molecule has 0 aromatic heterocycles. The molecule has 0 fully saturated rings. The van der Waals surface area contributed by atoms with Gasteiger partial charge in [0.2, 0.25) is 0 Å². The van der Waals surface area contributed by atoms with E-state index in [1.54, 1.807) is 0 Å². The molecule has 0 radical (unpaired) electrons. The van der Waals surface area contributed by atoms with Gasteiger partial charge in [-0.15, -0.1) is 0 Å². The van der Waals surface area contributed by atoms with Crippen LogP contribution in [-0.4, -0.2) is 38.0 Å². The quantitative estimate of drug-likeness (QED) is 0.619. The van der Waals surface area contributed by atoms with E-state index >= 15 is 0 Å². The molecule has 0 aliphatic heterocycles. The second-order valence-electron chi connectivity index (χ2n) is 5.05. The Morgan fingerprint density at radius 2 is 1.81 bits per heavy atom. The fraction of sp³-hybridized carbons (Fsp3) is 1.00. The summed E-state index contributed by atoms with van der Waals surface area (Å²) in [4.78, 5) is 0. The molecule has 3 nitrogen and oxygen atoms in total. The lowest BCUT2D eigenvalue weighted by Crippen LogP contribution is -2.31. The van der Waals surface area contributed by atoms with Crippen LogP contribution in [0.5, 0.6) is 0 Å². The first kappa shape index (κ1) is 15.9. The second-order valence-corrected chi connectivity index (χ2v) is 5.05. The standard InChI is InChI=1S/C13H29NO2/c1-6-8-12(11-14-7-2)15-9-10-16-13(3,4)5/h12,14H,6-11H2,1-5H3. The van der Waals surface area contributed by atoms with Crippen molar-refractivity contribution in [3.05, 3.63) is 0 Å². The molecule has 1 N–H and O–H groups in total. The highest BCUT2D eigenvalue weighted by Crippen LogP contribution is 2.07. The molecule has 0 aliphatic carbocycles. The molecule has 0 amide bonds. The van der Waals surface area contributed by atoms with Crippen LogP contribution in [0.1, 0.15) is 47.5 Å². The monoisotopic (exact) mass is 231 g/mol. The first-order valence-corrected chi connectivity index (χ1v) is 6.45. The van der Waals surface area contributed by atoms with Crippen LogP contribution in [0.15, 0.2) is 0 Å². The zero-order chi connectivity index (χ0) is 12.4. The Balaban J connectivity index is 3.59. The highest BCUT2D eigenvalue weighted by molar-refractivity contribution is 4.62. The summed E-state index contributed by atoms with van der Waals surface area (Å²) in [7, 11) is 0. The lowest BCUT2D eigenvalue weighted by molar-refractivity contribution is -0.0524. The minimum Gasteiger partial charge on any atom is -0.375 e. The molecule has 0 aliphatic rings. The van der Waals surface area contributed by atoms with Gasteiger partial charge < -0.3 is 14.8 Å². The molecule has 1 atom stereocenters. The van der Waals surface area contributed by atoms with Crippen LogP contribution in [0.25, 0.3) is 0 Å². The lowest BCUT2D eigenvalue weighted by Gasteiger charge is -2.22. The average Bonchev–Trinajstić information content (AvgIpc) is 2.19. The molecular weight excluding hydrogens is 202 g/mol. The first-order valence-electron chi connectivity index (χ1n) is 6.45. The maximum absolute atomic E-state index is 5.79. The zero-order valence-corrected chi connectivity index (χ0v) is 11.6. The number of ether oxygens (including phenoxy) is 2. The zero-order valence-electron chi connectivity index (χ0n) is 11.6. The minimum atomic E-state index is -0.0642. The third-order valence-corrected chi connectivity index (χ3v) is 2.20. The first-order chi connectivity index (χ1) is 7.49. The largest absolute Gasteiger partial charge is 0.375 e. The van der Waals surface area contributed by atoms with Gasteiger partial charge in [-0.2, -0.15) is 0 Å². The fourth-order valence-corrected chi connectivity index (χ4v) is 1.43. The maximum atomic E-state index is 5.79. The van der Waals surface area contributed by atoms with Gasteiger partial charge in [-0.3, -0.25) is 0 Å². The van der Waals surface area contributed by atoms with Crippen molar-refractivity contribution in [2.75, 3.05) is 26.3 Å². The predicted octanol–water partition coefficient (Wildman–Crippen LogP) is 2.60. The van der Waals surface area contributed by atoms with Gasteiger partial charge in [0.1, 0.15) is 0 Å². The van der Waals surface area contributed by atoms with Crippen LogP contribution in [0, 0.1) is 0 Å². The van der Waals surface area contributed by atoms with Crippen molar-refractivity contribution in [2.45, 2.75) is 59.2 Å². The summed E-state index contributed by atoms with van der Waals surface area (Å²) in [5.41, 5.74) is -0.0642. The Kier molecular flexibility index (Phi) is 8.90. The Morgan fingerprint density at radius 1 is 1.12 bits per heavy atom. The summed E-state index contributed by atoms with van der Waals surface area (Å²) in [6, 6.07) is 0. The number of nitrogens with one attached hydrogen (secondary N) is 1. The molecule has 0 saturated heterocycles. The summed E-state index contributed by atoms with van der Waals surface area (Å²) in [6.45, 7) is 13.8. The lowest BCUT2D eigenvalue weighted by atomic mass is 10.2. The van der Waals surface area contributed by atoms with Crippen molar-refractivity contribution in [2.24, 2.45) is 0 Å². The van der Waals surface area contributed by atoms with Crippen molar-refractivity contribution in [1.29, 1.82) is 0 Å². The molecule has 3 heteroatoms. The predicted molar refractivity (Wildman–Crippen MR) is 68.9 cm³/mol. The molecule has 0 aromatic rings. The van der Waals surface area contributed by atoms with Crippen LogP contribution in [0.2, 0.25) is 0 Å². The number of hydrogen-bond donors (Lipinski definition) is 1. The summed E-state index contributed by atoms with van der Waals surface area (Å²) in [6.07, 6.45) is 2.60. The number of likely N-dealkylation sites (N-methyl/N-ethyl adjacent to an activating group) is 1. The van der Waals surface area contributed by atoms with Gasteiger partial charge in [0.05, 0.1) is 24.9 Å². The van der Waals surface area contributed by atoms with E-state index in [2.05, 4.69) is 39.9 Å². The van der Waals surface area contributed by atoms with Crippen LogP contribution < -0.4 is 5.32 Å². The van der Waals surface area contributed by atoms with E-state index in [9.17, 15) is 0 Å². The SMILES string of the molecule is CCCC(CNCC)OCCOC(C)(C)C. The van der Waals surface area contributed by atoms with Crippen molar-refractivity contribution < 1.29 is 9.47 Å². The molecule has 0 bridgehead atoms. The van der Waals surface area contributed by atoms with Gasteiger partial charge in [0, 0.05) is 6.54 Å². The van der Waals surface area contributed by atoms with E-state index in [-0.39, 0.29) is 5.60 Å². The molecule has 16 heavy (non-hydrogen) atoms. The Hall–Kier alpha value is -0.120. The number of hydrogen-bond acceptors (Lipinski definition) is 3. The summed E-state index contributed by atoms with van der Waals surface area (Å²) in [5, 5.41) is 3.32. The highest BCUT2D eigenvalue weighted by atomic mass is 16.5. The van der Waals surface area contributed by atoms with E-state index in [1.807, 2.05) is 0 Å². The molecule has 98 valence electrons. The second kappa shape index (κ2) is 8.97. The molecule has 0 rings (SSSR count). The van der Waals surface area contributed by atoms with Crippen molar-refractivity contribution >= 4 is 0 Å². The molecule has 0 aromatic carbocycles. The summed E-state index contributed by atoms with van der Waals surface area (Å²) >= 11 is 0. The molecule has 1 unspecified atom stereocenters. The van der Waals surface area contributed by atoms with Crippen LogP contribution in [0.3, 0.4) is 0 Å². The van der Waals surface area contributed by atoms with Crippen molar-refractivity contribution in [1.82, 2.24) is 5.32 Å². The van der Waals surface area contributed by atoms with Crippen LogP contribution >= 0.6 is 0 Å². The smallest absolute Gasteiger partial charge is 0.0707 e.